The van der Waals surface area contributed by atoms with E-state index in [4.69, 9.17) is 20.0 Å². The Morgan fingerprint density at radius 2 is 1.22 bits per heavy atom. The summed E-state index contributed by atoms with van der Waals surface area (Å²) in [7, 11) is 0. The number of benzene rings is 2. The van der Waals surface area contributed by atoms with E-state index in [2.05, 4.69) is 0 Å². The largest absolute Gasteiger partial charge is 0.478 e. The van der Waals surface area contributed by atoms with Gasteiger partial charge in [0.1, 0.15) is 11.5 Å². The fourth-order valence-corrected chi connectivity index (χ4v) is 2.83. The average molecular weight is 366 g/mol. The lowest BCUT2D eigenvalue weighted by Crippen LogP contribution is -2.25. The molecule has 0 aliphatic heterocycles. The van der Waals surface area contributed by atoms with E-state index < -0.39 is 17.4 Å². The molecule has 2 aromatic carbocycles. The van der Waals surface area contributed by atoms with Crippen LogP contribution in [-0.4, -0.2) is 22.2 Å². The predicted molar refractivity (Wildman–Crippen MR) is 91.4 cm³/mol. The van der Waals surface area contributed by atoms with Gasteiger partial charge in [-0.2, -0.15) is 0 Å². The first-order chi connectivity index (χ1) is 12.7. The van der Waals surface area contributed by atoms with Crippen molar-refractivity contribution in [1.82, 2.24) is 0 Å². The van der Waals surface area contributed by atoms with Crippen molar-refractivity contribution in [2.45, 2.75) is 19.3 Å². The number of rotatable bonds is 6. The number of nitrogens with zero attached hydrogens (tertiary/aromatic N) is 2. The summed E-state index contributed by atoms with van der Waals surface area (Å²) in [6.45, 7) is 3.26. The lowest BCUT2D eigenvalue weighted by Gasteiger charge is -2.29. The van der Waals surface area contributed by atoms with Gasteiger partial charge in [-0.3, -0.25) is 0 Å². The molecule has 8 heteroatoms. The molecule has 2 N–H and O–H groups in total. The summed E-state index contributed by atoms with van der Waals surface area (Å²) >= 11 is 0. The van der Waals surface area contributed by atoms with Gasteiger partial charge < -0.3 is 19.7 Å². The molecule has 0 saturated carbocycles. The van der Waals surface area contributed by atoms with Gasteiger partial charge in [0.05, 0.1) is 11.1 Å². The van der Waals surface area contributed by atoms with Crippen LogP contribution in [0, 0.1) is 23.0 Å². The number of nitriles is 2. The molecule has 8 nitrogen and oxygen atoms in total. The molecule has 0 aliphatic carbocycles. The molecule has 2 aromatic rings. The molecule has 0 fully saturated rings. The van der Waals surface area contributed by atoms with Crippen LogP contribution in [0.15, 0.2) is 36.4 Å². The van der Waals surface area contributed by atoms with Gasteiger partial charge in [0.15, 0.2) is 0 Å². The van der Waals surface area contributed by atoms with Crippen molar-refractivity contribution < 1.29 is 29.3 Å². The van der Waals surface area contributed by atoms with Gasteiger partial charge in [-0.05, 0) is 47.5 Å². The van der Waals surface area contributed by atoms with Gasteiger partial charge in [-0.25, -0.2) is 9.59 Å². The minimum Gasteiger partial charge on any atom is -0.478 e. The topological polar surface area (TPSA) is 141 Å². The third-order valence-electron chi connectivity index (χ3n) is 4.12. The quantitative estimate of drug-likeness (QED) is 0.743. The number of carboxylic acid groups (broad SMARTS) is 2. The van der Waals surface area contributed by atoms with Crippen LogP contribution in [0.25, 0.3) is 0 Å². The van der Waals surface area contributed by atoms with E-state index in [1.54, 1.807) is 13.8 Å². The van der Waals surface area contributed by atoms with E-state index in [-0.39, 0.29) is 33.8 Å². The van der Waals surface area contributed by atoms with Crippen LogP contribution in [0.3, 0.4) is 0 Å². The Labute approximate surface area is 154 Å². The Hall–Kier alpha value is -4.04. The lowest BCUT2D eigenvalue weighted by molar-refractivity contribution is 0.0686. The number of carbonyl (C=O) groups is 2. The first-order valence-corrected chi connectivity index (χ1v) is 7.60. The van der Waals surface area contributed by atoms with Crippen LogP contribution in [0.2, 0.25) is 0 Å². The van der Waals surface area contributed by atoms with Crippen molar-refractivity contribution in [3.05, 3.63) is 58.7 Å². The molecule has 0 saturated heterocycles. The lowest BCUT2D eigenvalue weighted by atomic mass is 9.74. The molecule has 27 heavy (non-hydrogen) atoms. The summed E-state index contributed by atoms with van der Waals surface area (Å²) in [6, 6.07) is 7.97. The van der Waals surface area contributed by atoms with Gasteiger partial charge in [-0.15, -0.1) is 10.5 Å². The first kappa shape index (κ1) is 19.3. The van der Waals surface area contributed by atoms with Crippen molar-refractivity contribution in [3.63, 3.8) is 0 Å². The third-order valence-corrected chi connectivity index (χ3v) is 4.12. The summed E-state index contributed by atoms with van der Waals surface area (Å²) in [5.74, 6) is -2.20. The SMILES string of the molecule is CC(C)(c1cc(OC#N)ccc1C(=O)O)c1cc(OC#N)ccc1C(=O)O. The molecular formula is C19H14N2O6. The Balaban J connectivity index is 2.78. The fourth-order valence-electron chi connectivity index (χ4n) is 2.83. The first-order valence-electron chi connectivity index (χ1n) is 7.60. The van der Waals surface area contributed by atoms with E-state index >= 15 is 0 Å². The molecule has 0 atom stereocenters. The van der Waals surface area contributed by atoms with Crippen LogP contribution >= 0.6 is 0 Å². The van der Waals surface area contributed by atoms with Gasteiger partial charge in [-0.1, -0.05) is 13.8 Å². The molecule has 0 unspecified atom stereocenters. The number of aromatic carboxylic acids is 2. The van der Waals surface area contributed by atoms with E-state index in [0.717, 1.165) is 0 Å². The zero-order valence-electron chi connectivity index (χ0n) is 14.4. The summed E-state index contributed by atoms with van der Waals surface area (Å²) in [6.07, 6.45) is 3.02. The van der Waals surface area contributed by atoms with E-state index in [9.17, 15) is 19.8 Å². The molecule has 0 radical (unpaired) electrons. The highest BCUT2D eigenvalue weighted by Crippen LogP contribution is 2.39. The van der Waals surface area contributed by atoms with Gasteiger partial charge in [0.2, 0.25) is 0 Å². The van der Waals surface area contributed by atoms with Crippen LogP contribution < -0.4 is 9.47 Å². The zero-order valence-corrected chi connectivity index (χ0v) is 14.4. The molecule has 136 valence electrons. The summed E-state index contributed by atoms with van der Waals surface area (Å²) in [5.41, 5.74) is -0.814. The smallest absolute Gasteiger partial charge is 0.335 e. The highest BCUT2D eigenvalue weighted by Gasteiger charge is 2.33. The molecule has 0 aromatic heterocycles. The maximum Gasteiger partial charge on any atom is 0.335 e. The number of carboxylic acids is 2. The Morgan fingerprint density at radius 1 is 0.852 bits per heavy atom. The Bertz CT molecular complexity index is 919. The Kier molecular flexibility index (Phi) is 5.33. The maximum atomic E-state index is 11.7. The van der Waals surface area contributed by atoms with Crippen molar-refractivity contribution in [2.75, 3.05) is 0 Å². The van der Waals surface area contributed by atoms with E-state index in [1.165, 1.54) is 48.9 Å². The molecule has 0 heterocycles. The monoisotopic (exact) mass is 366 g/mol. The number of ether oxygens (including phenoxy) is 2. The molecule has 2 rings (SSSR count). The second-order valence-electron chi connectivity index (χ2n) is 6.04. The highest BCUT2D eigenvalue weighted by molar-refractivity contribution is 5.93. The van der Waals surface area contributed by atoms with Crippen molar-refractivity contribution in [1.29, 1.82) is 10.5 Å². The van der Waals surface area contributed by atoms with Gasteiger partial charge in [0, 0.05) is 5.41 Å². The van der Waals surface area contributed by atoms with Crippen LogP contribution in [-0.2, 0) is 5.41 Å². The van der Waals surface area contributed by atoms with Crippen LogP contribution in [0.5, 0.6) is 11.5 Å². The van der Waals surface area contributed by atoms with E-state index in [1.807, 2.05) is 0 Å². The van der Waals surface area contributed by atoms with Gasteiger partial charge in [0.25, 0.3) is 12.5 Å². The van der Waals surface area contributed by atoms with Crippen molar-refractivity contribution in [3.8, 4) is 24.0 Å². The third kappa shape index (κ3) is 3.80. The standard InChI is InChI=1S/C19H14N2O6/c1-19(2,15-7-11(26-9-20)3-5-13(15)17(22)23)16-8-12(27-10-21)4-6-14(16)18(24)25/h3-8H,1-2H3,(H,22,23)(H,24,25). The maximum absolute atomic E-state index is 11.7. The number of hydrogen-bond donors (Lipinski definition) is 2. The molecule has 0 amide bonds. The average Bonchev–Trinajstić information content (AvgIpc) is 2.61. The second-order valence-corrected chi connectivity index (χ2v) is 6.04. The molecule has 0 spiro atoms. The summed E-state index contributed by atoms with van der Waals surface area (Å²) in [5, 5.41) is 36.5. The zero-order chi connectivity index (χ0) is 20.2. The van der Waals surface area contributed by atoms with Crippen molar-refractivity contribution in [2.24, 2.45) is 0 Å². The molecule has 0 bridgehead atoms. The summed E-state index contributed by atoms with van der Waals surface area (Å²) < 4.78 is 9.56. The van der Waals surface area contributed by atoms with E-state index in [0.29, 0.717) is 0 Å². The second kappa shape index (κ2) is 7.46. The number of hydrogen-bond acceptors (Lipinski definition) is 6. The molecule has 0 aliphatic rings. The normalized spacial score (nSPS) is 10.4. The Morgan fingerprint density at radius 3 is 1.52 bits per heavy atom. The fraction of sp³-hybridized carbons (Fsp3) is 0.158. The molecular weight excluding hydrogens is 352 g/mol. The summed E-state index contributed by atoms with van der Waals surface area (Å²) in [4.78, 5) is 23.3. The minimum absolute atomic E-state index is 0.0757. The van der Waals surface area contributed by atoms with Crippen LogP contribution in [0.4, 0.5) is 0 Å². The van der Waals surface area contributed by atoms with Gasteiger partial charge >= 0.3 is 11.9 Å². The predicted octanol–water partition coefficient (Wildman–Crippen LogP) is 3.13. The van der Waals surface area contributed by atoms with Crippen LogP contribution in [0.1, 0.15) is 45.7 Å². The van der Waals surface area contributed by atoms with Crippen molar-refractivity contribution >= 4 is 11.9 Å². The minimum atomic E-state index is -1.22. The highest BCUT2D eigenvalue weighted by atomic mass is 16.5.